The molecule has 0 radical (unpaired) electrons. The van der Waals surface area contributed by atoms with E-state index < -0.39 is 11.9 Å². The van der Waals surface area contributed by atoms with Crippen molar-refractivity contribution in [1.29, 1.82) is 0 Å². The van der Waals surface area contributed by atoms with Gasteiger partial charge in [-0.15, -0.1) is 0 Å². The summed E-state index contributed by atoms with van der Waals surface area (Å²) in [4.78, 5) is 14.2. The molecule has 1 atom stereocenters. The first-order valence-corrected chi connectivity index (χ1v) is 7.63. The fourth-order valence-electron chi connectivity index (χ4n) is 2.78. The van der Waals surface area contributed by atoms with Crippen LogP contribution in [0.2, 0.25) is 0 Å². The zero-order chi connectivity index (χ0) is 17.3. The van der Waals surface area contributed by atoms with Crippen LogP contribution in [0, 0.1) is 0 Å². The van der Waals surface area contributed by atoms with Crippen LogP contribution in [0.25, 0.3) is 5.69 Å². The molecule has 2 N–H and O–H groups in total. The van der Waals surface area contributed by atoms with Crippen molar-refractivity contribution in [2.45, 2.75) is 25.1 Å². The van der Waals surface area contributed by atoms with E-state index in [1.54, 1.807) is 23.1 Å². The molecule has 2 heterocycles. The summed E-state index contributed by atoms with van der Waals surface area (Å²) in [5.41, 5.74) is 5.73. The smallest absolute Gasteiger partial charge is 0.337 e. The Morgan fingerprint density at radius 1 is 1.29 bits per heavy atom. The molecule has 1 saturated heterocycles. The van der Waals surface area contributed by atoms with Gasteiger partial charge < -0.3 is 10.6 Å². The van der Waals surface area contributed by atoms with Crippen molar-refractivity contribution in [3.63, 3.8) is 0 Å². The van der Waals surface area contributed by atoms with Gasteiger partial charge in [-0.05, 0) is 37.1 Å². The van der Waals surface area contributed by atoms with Gasteiger partial charge in [-0.1, -0.05) is 6.07 Å². The van der Waals surface area contributed by atoms with E-state index >= 15 is 0 Å². The number of nitrogens with zero attached hydrogens (tertiary/aromatic N) is 3. The highest BCUT2D eigenvalue weighted by Crippen LogP contribution is 2.28. The van der Waals surface area contributed by atoms with Gasteiger partial charge in [0.2, 0.25) is 0 Å². The van der Waals surface area contributed by atoms with Crippen molar-refractivity contribution in [3.05, 3.63) is 47.8 Å². The van der Waals surface area contributed by atoms with E-state index in [-0.39, 0.29) is 11.9 Å². The summed E-state index contributed by atoms with van der Waals surface area (Å²) in [6.07, 6.45) is -1.54. The first kappa shape index (κ1) is 16.5. The molecule has 24 heavy (non-hydrogen) atoms. The fourth-order valence-corrected chi connectivity index (χ4v) is 2.78. The van der Waals surface area contributed by atoms with E-state index in [0.29, 0.717) is 24.3 Å². The Balaban J connectivity index is 1.84. The second-order valence-electron chi connectivity index (χ2n) is 5.85. The highest BCUT2D eigenvalue weighted by molar-refractivity contribution is 5.94. The third-order valence-electron chi connectivity index (χ3n) is 3.98. The van der Waals surface area contributed by atoms with Crippen LogP contribution >= 0.6 is 0 Å². The van der Waals surface area contributed by atoms with Gasteiger partial charge >= 0.3 is 6.18 Å². The van der Waals surface area contributed by atoms with Crippen LogP contribution in [-0.2, 0) is 6.18 Å². The molecule has 1 aromatic heterocycles. The molecule has 0 spiro atoms. The van der Waals surface area contributed by atoms with Crippen LogP contribution in [0.15, 0.2) is 36.5 Å². The minimum absolute atomic E-state index is 0.0358. The lowest BCUT2D eigenvalue weighted by Crippen LogP contribution is -2.45. The number of piperidine rings is 1. The van der Waals surface area contributed by atoms with Gasteiger partial charge in [0.1, 0.15) is 0 Å². The van der Waals surface area contributed by atoms with Gasteiger partial charge in [-0.3, -0.25) is 4.79 Å². The monoisotopic (exact) mass is 338 g/mol. The number of hydrogen-bond acceptors (Lipinski definition) is 3. The predicted molar refractivity (Wildman–Crippen MR) is 81.7 cm³/mol. The lowest BCUT2D eigenvalue weighted by Gasteiger charge is -2.30. The van der Waals surface area contributed by atoms with Crippen LogP contribution in [0.3, 0.4) is 0 Å². The number of nitrogens with two attached hydrogens (primary N) is 1. The Morgan fingerprint density at radius 2 is 2.08 bits per heavy atom. The van der Waals surface area contributed by atoms with E-state index in [1.165, 1.54) is 12.3 Å². The number of alkyl halides is 3. The third-order valence-corrected chi connectivity index (χ3v) is 3.98. The maximum absolute atomic E-state index is 12.7. The Kier molecular flexibility index (Phi) is 4.31. The van der Waals surface area contributed by atoms with Crippen LogP contribution in [0.1, 0.15) is 28.9 Å². The predicted octanol–water partition coefficient (Wildman–Crippen LogP) is 2.45. The number of aromatic nitrogens is 2. The minimum Gasteiger partial charge on any atom is -0.337 e. The maximum atomic E-state index is 12.7. The molecule has 8 heteroatoms. The second-order valence-corrected chi connectivity index (χ2v) is 5.85. The van der Waals surface area contributed by atoms with E-state index in [4.69, 9.17) is 5.73 Å². The van der Waals surface area contributed by atoms with Gasteiger partial charge in [-0.2, -0.15) is 18.3 Å². The topological polar surface area (TPSA) is 64.2 Å². The molecule has 1 aromatic carbocycles. The number of carbonyl (C=O) groups is 1. The van der Waals surface area contributed by atoms with Crippen LogP contribution < -0.4 is 5.73 Å². The quantitative estimate of drug-likeness (QED) is 0.915. The van der Waals surface area contributed by atoms with E-state index in [1.807, 2.05) is 0 Å². The number of rotatable bonds is 2. The standard InChI is InChI=1S/C16H17F3N4O/c17-16(18,19)14-6-8-23(21-14)13-5-1-3-11(9-13)15(24)22-7-2-4-12(20)10-22/h1,3,5-6,8-9,12H,2,4,7,10,20H2/t12-/m0/s1. The molecule has 3 rings (SSSR count). The zero-order valence-corrected chi connectivity index (χ0v) is 12.8. The third kappa shape index (κ3) is 3.43. The molecule has 0 saturated carbocycles. The van der Waals surface area contributed by atoms with Crippen molar-refractivity contribution in [2.24, 2.45) is 5.73 Å². The Bertz CT molecular complexity index is 741. The van der Waals surface area contributed by atoms with Gasteiger partial charge in [0.15, 0.2) is 5.69 Å². The van der Waals surface area contributed by atoms with E-state index in [2.05, 4.69) is 5.10 Å². The maximum Gasteiger partial charge on any atom is 0.435 e. The number of amides is 1. The van der Waals surface area contributed by atoms with Crippen molar-refractivity contribution in [1.82, 2.24) is 14.7 Å². The Labute approximate surface area is 136 Å². The summed E-state index contributed by atoms with van der Waals surface area (Å²) in [5, 5.41) is 3.52. The highest BCUT2D eigenvalue weighted by Gasteiger charge is 2.33. The second kappa shape index (κ2) is 6.27. The van der Waals surface area contributed by atoms with Crippen LogP contribution in [0.5, 0.6) is 0 Å². The molecular formula is C16H17F3N4O. The van der Waals surface area contributed by atoms with Crippen LogP contribution in [-0.4, -0.2) is 39.7 Å². The first-order chi connectivity index (χ1) is 11.3. The fraction of sp³-hybridized carbons (Fsp3) is 0.375. The Morgan fingerprint density at radius 3 is 2.75 bits per heavy atom. The molecule has 0 bridgehead atoms. The van der Waals surface area contributed by atoms with E-state index in [0.717, 1.165) is 23.6 Å². The highest BCUT2D eigenvalue weighted by atomic mass is 19.4. The molecule has 1 amide bonds. The number of carbonyl (C=O) groups excluding carboxylic acids is 1. The van der Waals surface area contributed by atoms with Gasteiger partial charge in [-0.25, -0.2) is 4.68 Å². The van der Waals surface area contributed by atoms with Gasteiger partial charge in [0.25, 0.3) is 5.91 Å². The zero-order valence-electron chi connectivity index (χ0n) is 12.8. The SMILES string of the molecule is N[C@H]1CCCN(C(=O)c2cccc(-n3ccc(C(F)(F)F)n3)c2)C1. The lowest BCUT2D eigenvalue weighted by atomic mass is 10.1. The molecule has 5 nitrogen and oxygen atoms in total. The molecule has 0 aliphatic carbocycles. The van der Waals surface area contributed by atoms with Crippen molar-refractivity contribution in [3.8, 4) is 5.69 Å². The lowest BCUT2D eigenvalue weighted by molar-refractivity contribution is -0.141. The normalized spacial score (nSPS) is 18.7. The summed E-state index contributed by atoms with van der Waals surface area (Å²) < 4.78 is 39.1. The Hall–Kier alpha value is -2.35. The first-order valence-electron chi connectivity index (χ1n) is 7.63. The molecule has 128 valence electrons. The summed E-state index contributed by atoms with van der Waals surface area (Å²) >= 11 is 0. The van der Waals surface area contributed by atoms with E-state index in [9.17, 15) is 18.0 Å². The summed E-state index contributed by atoms with van der Waals surface area (Å²) in [6.45, 7) is 1.12. The summed E-state index contributed by atoms with van der Waals surface area (Å²) in [5.74, 6) is -0.171. The number of halogens is 3. The summed E-state index contributed by atoms with van der Waals surface area (Å²) in [6, 6.07) is 7.27. The molecule has 1 aliphatic rings. The minimum atomic E-state index is -4.50. The largest absolute Gasteiger partial charge is 0.435 e. The molecular weight excluding hydrogens is 321 g/mol. The van der Waals surface area contributed by atoms with Gasteiger partial charge in [0, 0.05) is 30.9 Å². The average Bonchev–Trinajstić information content (AvgIpc) is 3.04. The number of benzene rings is 1. The van der Waals surface area contributed by atoms with Crippen molar-refractivity contribution < 1.29 is 18.0 Å². The number of likely N-dealkylation sites (tertiary alicyclic amines) is 1. The van der Waals surface area contributed by atoms with Gasteiger partial charge in [0.05, 0.1) is 5.69 Å². The van der Waals surface area contributed by atoms with Crippen LogP contribution in [0.4, 0.5) is 13.2 Å². The molecule has 1 fully saturated rings. The molecule has 0 unspecified atom stereocenters. The molecule has 2 aromatic rings. The number of hydrogen-bond donors (Lipinski definition) is 1. The summed E-state index contributed by atoms with van der Waals surface area (Å²) in [7, 11) is 0. The van der Waals surface area contributed by atoms with Crippen molar-refractivity contribution in [2.75, 3.05) is 13.1 Å². The van der Waals surface area contributed by atoms with Crippen molar-refractivity contribution >= 4 is 5.91 Å². The average molecular weight is 338 g/mol. The molecule has 1 aliphatic heterocycles.